The van der Waals surface area contributed by atoms with Gasteiger partial charge in [0.15, 0.2) is 0 Å². The molecule has 1 N–H and O–H groups in total. The first kappa shape index (κ1) is 25.1. The number of pyridine rings is 1. The summed E-state index contributed by atoms with van der Waals surface area (Å²) < 4.78 is 7.51. The Bertz CT molecular complexity index is 1260. The molecule has 6 rings (SSSR count). The number of morpholine rings is 1. The molecule has 0 spiro atoms. The number of rotatable bonds is 7. The van der Waals surface area contributed by atoms with Crippen LogP contribution in [0.2, 0.25) is 0 Å². The van der Waals surface area contributed by atoms with Crippen LogP contribution in [-0.2, 0) is 11.3 Å². The molecule has 1 aromatic carbocycles. The lowest BCUT2D eigenvalue weighted by Crippen LogP contribution is -2.38. The molecule has 0 radical (unpaired) electrons. The Morgan fingerprint density at radius 2 is 1.87 bits per heavy atom. The van der Waals surface area contributed by atoms with Crippen molar-refractivity contribution in [3.63, 3.8) is 0 Å². The van der Waals surface area contributed by atoms with Gasteiger partial charge in [-0.3, -0.25) is 14.4 Å². The third-order valence-electron chi connectivity index (χ3n) is 8.08. The summed E-state index contributed by atoms with van der Waals surface area (Å²) in [6.07, 6.45) is 6.84. The lowest BCUT2D eigenvalue weighted by atomic mass is 10.1. The molecule has 9 heteroatoms. The van der Waals surface area contributed by atoms with Crippen LogP contribution in [0.1, 0.15) is 43.1 Å². The minimum Gasteiger partial charge on any atom is -0.379 e. The molecule has 0 saturated carbocycles. The van der Waals surface area contributed by atoms with E-state index in [9.17, 15) is 4.79 Å². The first-order valence-corrected chi connectivity index (χ1v) is 14.2. The summed E-state index contributed by atoms with van der Waals surface area (Å²) in [5.74, 6) is 1.37. The van der Waals surface area contributed by atoms with Crippen LogP contribution >= 0.6 is 0 Å². The zero-order valence-electron chi connectivity index (χ0n) is 22.4. The van der Waals surface area contributed by atoms with Crippen molar-refractivity contribution >= 4 is 34.0 Å². The summed E-state index contributed by atoms with van der Waals surface area (Å²) in [5, 5.41) is 9.15. The van der Waals surface area contributed by atoms with E-state index in [0.29, 0.717) is 11.6 Å². The predicted octanol–water partition coefficient (Wildman–Crippen LogP) is 3.85. The molecule has 2 aromatic heterocycles. The number of nitrogens with one attached hydrogen (secondary N) is 1. The van der Waals surface area contributed by atoms with Gasteiger partial charge in [-0.2, -0.15) is 5.10 Å². The smallest absolute Gasteiger partial charge is 0.274 e. The number of carbonyl (C=O) groups is 1. The van der Waals surface area contributed by atoms with Crippen molar-refractivity contribution in [3.05, 3.63) is 42.2 Å². The molecule has 0 bridgehead atoms. The van der Waals surface area contributed by atoms with Crippen molar-refractivity contribution in [3.8, 4) is 0 Å². The van der Waals surface area contributed by atoms with Crippen LogP contribution in [0, 0.1) is 5.92 Å². The van der Waals surface area contributed by atoms with Crippen molar-refractivity contribution in [2.24, 2.45) is 5.92 Å². The van der Waals surface area contributed by atoms with Gasteiger partial charge in [0.25, 0.3) is 5.91 Å². The predicted molar refractivity (Wildman–Crippen MR) is 151 cm³/mol. The second-order valence-electron chi connectivity index (χ2n) is 11.0. The molecule has 38 heavy (non-hydrogen) atoms. The zero-order chi connectivity index (χ0) is 25.9. The van der Waals surface area contributed by atoms with Gasteiger partial charge < -0.3 is 19.9 Å². The van der Waals surface area contributed by atoms with E-state index in [0.717, 1.165) is 113 Å². The minimum absolute atomic E-state index is 0.170. The highest BCUT2D eigenvalue weighted by atomic mass is 16.5. The van der Waals surface area contributed by atoms with Crippen LogP contribution in [-0.4, -0.2) is 84.6 Å². The Hall–Kier alpha value is -3.17. The van der Waals surface area contributed by atoms with Crippen LogP contribution in [0.3, 0.4) is 0 Å². The standard InChI is InChI=1S/C29H39N7O2/c1-22-8-11-35(20-22)28-7-5-6-24(30-28)29(37)31-26-18-23-21-36(13-12-33-14-16-38-17-15-33)32-25(23)19-27(26)34-9-3-2-4-10-34/h5-7,18-19,21-22H,2-4,8-17,20H2,1H3,(H,31,37). The number of carbonyl (C=O) groups excluding carboxylic acids is 1. The number of benzene rings is 1. The number of hydrogen-bond donors (Lipinski definition) is 1. The fraction of sp³-hybridized carbons (Fsp3) is 0.552. The summed E-state index contributed by atoms with van der Waals surface area (Å²) in [5.41, 5.74) is 3.30. The summed E-state index contributed by atoms with van der Waals surface area (Å²) in [6, 6.07) is 9.98. The average molecular weight is 518 g/mol. The highest BCUT2D eigenvalue weighted by molar-refractivity contribution is 6.06. The maximum atomic E-state index is 13.5. The molecule has 3 aromatic rings. The molecule has 0 aliphatic carbocycles. The van der Waals surface area contributed by atoms with Crippen LogP contribution in [0.15, 0.2) is 36.5 Å². The van der Waals surface area contributed by atoms with Crippen molar-refractivity contribution in [1.29, 1.82) is 0 Å². The van der Waals surface area contributed by atoms with E-state index in [1.54, 1.807) is 6.07 Å². The van der Waals surface area contributed by atoms with Gasteiger partial charge in [-0.1, -0.05) is 13.0 Å². The summed E-state index contributed by atoms with van der Waals surface area (Å²) >= 11 is 0. The monoisotopic (exact) mass is 517 g/mol. The summed E-state index contributed by atoms with van der Waals surface area (Å²) in [7, 11) is 0. The third kappa shape index (κ3) is 5.63. The van der Waals surface area contributed by atoms with E-state index in [1.165, 1.54) is 6.42 Å². The Morgan fingerprint density at radius 1 is 1.03 bits per heavy atom. The van der Waals surface area contributed by atoms with Crippen LogP contribution in [0.5, 0.6) is 0 Å². The van der Waals surface area contributed by atoms with E-state index in [2.05, 4.69) is 45.3 Å². The van der Waals surface area contributed by atoms with Gasteiger partial charge in [0.1, 0.15) is 11.5 Å². The topological polar surface area (TPSA) is 78.8 Å². The average Bonchev–Trinajstić information content (AvgIpc) is 3.58. The van der Waals surface area contributed by atoms with E-state index in [1.807, 2.05) is 16.8 Å². The number of amides is 1. The van der Waals surface area contributed by atoms with E-state index in [4.69, 9.17) is 14.8 Å². The van der Waals surface area contributed by atoms with Crippen molar-refractivity contribution in [2.75, 3.05) is 74.1 Å². The maximum absolute atomic E-state index is 13.5. The maximum Gasteiger partial charge on any atom is 0.274 e. The lowest BCUT2D eigenvalue weighted by Gasteiger charge is -2.30. The second kappa shape index (κ2) is 11.3. The second-order valence-corrected chi connectivity index (χ2v) is 11.0. The highest BCUT2D eigenvalue weighted by Gasteiger charge is 2.22. The number of fused-ring (bicyclic) bond motifs is 1. The molecular weight excluding hydrogens is 478 g/mol. The molecule has 5 heterocycles. The van der Waals surface area contributed by atoms with Gasteiger partial charge >= 0.3 is 0 Å². The van der Waals surface area contributed by atoms with Crippen LogP contribution in [0.4, 0.5) is 17.2 Å². The van der Waals surface area contributed by atoms with Crippen LogP contribution < -0.4 is 15.1 Å². The summed E-state index contributed by atoms with van der Waals surface area (Å²) in [4.78, 5) is 25.3. The van der Waals surface area contributed by atoms with E-state index in [-0.39, 0.29) is 5.91 Å². The van der Waals surface area contributed by atoms with Gasteiger partial charge in [0, 0.05) is 57.4 Å². The molecule has 3 fully saturated rings. The largest absolute Gasteiger partial charge is 0.379 e. The minimum atomic E-state index is -0.170. The number of hydrogen-bond acceptors (Lipinski definition) is 7. The van der Waals surface area contributed by atoms with Gasteiger partial charge in [-0.15, -0.1) is 0 Å². The molecule has 3 aliphatic rings. The first-order chi connectivity index (χ1) is 18.6. The Morgan fingerprint density at radius 3 is 2.66 bits per heavy atom. The SMILES string of the molecule is CC1CCN(c2cccc(C(=O)Nc3cc4cn(CCN5CCOCC5)nc4cc3N3CCCCC3)n2)C1. The van der Waals surface area contributed by atoms with Gasteiger partial charge in [-0.05, 0) is 55.9 Å². The van der Waals surface area contributed by atoms with Crippen molar-refractivity contribution < 1.29 is 9.53 Å². The van der Waals surface area contributed by atoms with Crippen molar-refractivity contribution in [1.82, 2.24) is 19.7 Å². The number of nitrogens with zero attached hydrogens (tertiary/aromatic N) is 6. The molecule has 3 saturated heterocycles. The number of piperidine rings is 1. The molecule has 9 nitrogen and oxygen atoms in total. The highest BCUT2D eigenvalue weighted by Crippen LogP contribution is 2.33. The molecule has 202 valence electrons. The van der Waals surface area contributed by atoms with Gasteiger partial charge in [0.05, 0.1) is 36.6 Å². The lowest BCUT2D eigenvalue weighted by molar-refractivity contribution is 0.0360. The molecular formula is C29H39N7O2. The normalized spacial score (nSPS) is 20.8. The fourth-order valence-corrected chi connectivity index (χ4v) is 5.85. The Kier molecular flexibility index (Phi) is 7.47. The Balaban J connectivity index is 1.24. The molecule has 3 aliphatic heterocycles. The third-order valence-corrected chi connectivity index (χ3v) is 8.08. The first-order valence-electron chi connectivity index (χ1n) is 14.2. The molecule has 1 unspecified atom stereocenters. The van der Waals surface area contributed by atoms with Gasteiger partial charge in [-0.25, -0.2) is 4.98 Å². The summed E-state index contributed by atoms with van der Waals surface area (Å²) in [6.45, 7) is 11.6. The number of aromatic nitrogens is 3. The van der Waals surface area contributed by atoms with E-state index < -0.39 is 0 Å². The fourth-order valence-electron chi connectivity index (χ4n) is 5.85. The van der Waals surface area contributed by atoms with Gasteiger partial charge in [0.2, 0.25) is 0 Å². The quantitative estimate of drug-likeness (QED) is 0.510. The number of ether oxygens (including phenoxy) is 1. The van der Waals surface area contributed by atoms with E-state index >= 15 is 0 Å². The number of anilines is 3. The van der Waals surface area contributed by atoms with Crippen molar-refractivity contribution in [2.45, 2.75) is 39.2 Å². The Labute approximate surface area is 224 Å². The zero-order valence-corrected chi connectivity index (χ0v) is 22.4. The molecule has 1 atom stereocenters. The molecule has 1 amide bonds. The van der Waals surface area contributed by atoms with Crippen LogP contribution in [0.25, 0.3) is 10.9 Å².